The van der Waals surface area contributed by atoms with E-state index in [0.717, 1.165) is 12.8 Å². The summed E-state index contributed by atoms with van der Waals surface area (Å²) >= 11 is 0. The van der Waals surface area contributed by atoms with Crippen LogP contribution in [0.3, 0.4) is 0 Å². The van der Waals surface area contributed by atoms with Gasteiger partial charge in [0, 0.05) is 50.3 Å². The number of amides is 3. The summed E-state index contributed by atoms with van der Waals surface area (Å²) in [6.07, 6.45) is -5.01. The van der Waals surface area contributed by atoms with E-state index in [0.29, 0.717) is 18.6 Å². The molecule has 1 aliphatic heterocycles. The third-order valence-electron chi connectivity index (χ3n) is 7.79. The van der Waals surface area contributed by atoms with Crippen LogP contribution >= 0.6 is 0 Å². The van der Waals surface area contributed by atoms with Gasteiger partial charge >= 0.3 is 6.18 Å². The van der Waals surface area contributed by atoms with Crippen molar-refractivity contribution < 1.29 is 42.1 Å². The molecule has 45 heavy (non-hydrogen) atoms. The first kappa shape index (κ1) is 35.8. The number of halogens is 3. The minimum atomic E-state index is -4.47. The van der Waals surface area contributed by atoms with E-state index in [9.17, 15) is 32.7 Å². The van der Waals surface area contributed by atoms with E-state index in [1.807, 2.05) is 19.9 Å². The van der Waals surface area contributed by atoms with Gasteiger partial charge in [0.1, 0.15) is 5.75 Å². The van der Waals surface area contributed by atoms with E-state index in [2.05, 4.69) is 5.32 Å². The van der Waals surface area contributed by atoms with Gasteiger partial charge in [0.15, 0.2) is 0 Å². The van der Waals surface area contributed by atoms with E-state index < -0.39 is 43.0 Å². The van der Waals surface area contributed by atoms with Crippen molar-refractivity contribution in [1.82, 2.24) is 9.80 Å². The second-order valence-corrected chi connectivity index (χ2v) is 11.7. The van der Waals surface area contributed by atoms with Gasteiger partial charge < -0.3 is 29.7 Å². The molecule has 0 saturated heterocycles. The highest BCUT2D eigenvalue weighted by molar-refractivity contribution is 5.99. The Morgan fingerprint density at radius 2 is 1.84 bits per heavy atom. The Morgan fingerprint density at radius 3 is 2.51 bits per heavy atom. The first-order valence-corrected chi connectivity index (χ1v) is 15.3. The predicted molar refractivity (Wildman–Crippen MR) is 164 cm³/mol. The standard InChI is InChI=1S/C33H44F3N3O6/c1-22-19-39(23(2)21-40)32(43)27-18-26(37-30(41)15-16-33(34,35)36)13-14-28(27)45-24(3)10-8-9-17-44-29(22)20-38(4)31(42)25-11-6-5-7-12-25/h5-7,11-14,18,22-24,29,40H,8-10,15-17,19-21H2,1-4H3,(H,37,41)/t22-,23-,24+,29-/m1/s1. The first-order valence-electron chi connectivity index (χ1n) is 15.3. The fourth-order valence-electron chi connectivity index (χ4n) is 5.10. The zero-order chi connectivity index (χ0) is 33.1. The zero-order valence-corrected chi connectivity index (χ0v) is 26.3. The number of aliphatic hydroxyl groups excluding tert-OH is 1. The summed E-state index contributed by atoms with van der Waals surface area (Å²) in [6.45, 7) is 6.03. The van der Waals surface area contributed by atoms with Crippen LogP contribution in [0.2, 0.25) is 0 Å². The second kappa shape index (κ2) is 16.6. The third-order valence-corrected chi connectivity index (χ3v) is 7.79. The van der Waals surface area contributed by atoms with E-state index in [4.69, 9.17) is 9.47 Å². The second-order valence-electron chi connectivity index (χ2n) is 11.7. The molecular formula is C33H44F3N3O6. The Kier molecular flexibility index (Phi) is 13.2. The number of hydrogen-bond donors (Lipinski definition) is 2. The zero-order valence-electron chi connectivity index (χ0n) is 26.3. The van der Waals surface area contributed by atoms with Crippen LogP contribution in [-0.4, -0.2) is 90.4 Å². The molecular weight excluding hydrogens is 591 g/mol. The lowest BCUT2D eigenvalue weighted by atomic mass is 10.0. The number of anilines is 1. The average Bonchev–Trinajstić information content (AvgIpc) is 3.01. The van der Waals surface area contributed by atoms with E-state index in [-0.39, 0.29) is 54.6 Å². The van der Waals surface area contributed by atoms with Gasteiger partial charge in [-0.05, 0) is 63.4 Å². The highest BCUT2D eigenvalue weighted by Crippen LogP contribution is 2.29. The van der Waals surface area contributed by atoms with Crippen molar-refractivity contribution in [3.8, 4) is 5.75 Å². The fourth-order valence-corrected chi connectivity index (χ4v) is 5.10. The van der Waals surface area contributed by atoms with Gasteiger partial charge in [0.05, 0.1) is 36.8 Å². The molecule has 0 radical (unpaired) electrons. The number of aliphatic hydroxyl groups is 1. The summed E-state index contributed by atoms with van der Waals surface area (Å²) in [7, 11) is 1.70. The molecule has 9 nitrogen and oxygen atoms in total. The van der Waals surface area contributed by atoms with Gasteiger partial charge in [0.25, 0.3) is 11.8 Å². The molecule has 3 amide bonds. The molecule has 3 rings (SSSR count). The monoisotopic (exact) mass is 635 g/mol. The third kappa shape index (κ3) is 11.0. The number of alkyl halides is 3. The van der Waals surface area contributed by atoms with Gasteiger partial charge in [-0.3, -0.25) is 14.4 Å². The molecule has 0 fully saturated rings. The number of nitrogens with zero attached hydrogens (tertiary/aromatic N) is 2. The molecule has 12 heteroatoms. The molecule has 1 heterocycles. The number of carbonyl (C=O) groups is 3. The molecule has 0 aliphatic carbocycles. The Labute approximate surface area is 262 Å². The molecule has 0 aromatic heterocycles. The van der Waals surface area contributed by atoms with Crippen LogP contribution in [0.15, 0.2) is 48.5 Å². The van der Waals surface area contributed by atoms with Crippen LogP contribution in [0.5, 0.6) is 5.75 Å². The first-order chi connectivity index (χ1) is 21.3. The normalized spacial score (nSPS) is 20.8. The quantitative estimate of drug-likeness (QED) is 0.395. The van der Waals surface area contributed by atoms with Gasteiger partial charge in [-0.15, -0.1) is 0 Å². The van der Waals surface area contributed by atoms with Crippen molar-refractivity contribution in [2.24, 2.45) is 5.92 Å². The number of benzene rings is 2. The number of rotatable bonds is 8. The maximum atomic E-state index is 14.1. The van der Waals surface area contributed by atoms with Gasteiger partial charge in [0.2, 0.25) is 5.91 Å². The fraction of sp³-hybridized carbons (Fsp3) is 0.545. The van der Waals surface area contributed by atoms with Gasteiger partial charge in [-0.25, -0.2) is 0 Å². The molecule has 1 aliphatic rings. The molecule has 248 valence electrons. The minimum Gasteiger partial charge on any atom is -0.490 e. The number of hydrogen-bond acceptors (Lipinski definition) is 6. The van der Waals surface area contributed by atoms with Crippen molar-refractivity contribution in [2.45, 2.75) is 77.3 Å². The van der Waals surface area contributed by atoms with Gasteiger partial charge in [-0.1, -0.05) is 25.1 Å². The summed E-state index contributed by atoms with van der Waals surface area (Å²) in [5, 5.41) is 12.6. The van der Waals surface area contributed by atoms with E-state index in [1.54, 1.807) is 43.1 Å². The minimum absolute atomic E-state index is 0.105. The van der Waals surface area contributed by atoms with Crippen molar-refractivity contribution in [1.29, 1.82) is 0 Å². The van der Waals surface area contributed by atoms with Crippen LogP contribution < -0.4 is 10.1 Å². The van der Waals surface area contributed by atoms with Crippen LogP contribution in [0.4, 0.5) is 18.9 Å². The molecule has 2 aromatic rings. The van der Waals surface area contributed by atoms with Crippen molar-refractivity contribution in [3.63, 3.8) is 0 Å². The summed E-state index contributed by atoms with van der Waals surface area (Å²) in [5.41, 5.74) is 0.804. The van der Waals surface area contributed by atoms with E-state index in [1.165, 1.54) is 23.1 Å². The Bertz CT molecular complexity index is 1280. The lowest BCUT2D eigenvalue weighted by Crippen LogP contribution is -2.48. The van der Waals surface area contributed by atoms with Crippen LogP contribution in [-0.2, 0) is 9.53 Å². The summed E-state index contributed by atoms with van der Waals surface area (Å²) < 4.78 is 50.4. The number of ether oxygens (including phenoxy) is 2. The number of nitrogens with one attached hydrogen (secondary N) is 1. The van der Waals surface area contributed by atoms with E-state index >= 15 is 0 Å². The summed E-state index contributed by atoms with van der Waals surface area (Å²) in [5.74, 6) is -1.49. The SMILES string of the molecule is C[C@@H]1CN([C@H](C)CO)C(=O)c2cc(NC(=O)CCC(F)(F)F)ccc2O[C@@H](C)CCCCO[C@@H]1CN(C)C(=O)c1ccccc1. The Hall–Kier alpha value is -3.64. The van der Waals surface area contributed by atoms with Crippen molar-refractivity contribution >= 4 is 23.4 Å². The largest absolute Gasteiger partial charge is 0.490 e. The van der Waals surface area contributed by atoms with Crippen molar-refractivity contribution in [3.05, 3.63) is 59.7 Å². The number of carbonyl (C=O) groups excluding carboxylic acids is 3. The van der Waals surface area contributed by atoms with Crippen molar-refractivity contribution in [2.75, 3.05) is 38.7 Å². The molecule has 2 aromatic carbocycles. The topological polar surface area (TPSA) is 108 Å². The van der Waals surface area contributed by atoms with Crippen LogP contribution in [0.25, 0.3) is 0 Å². The molecule has 0 saturated carbocycles. The molecule has 0 bridgehead atoms. The molecule has 0 unspecified atom stereocenters. The maximum absolute atomic E-state index is 14.1. The smallest absolute Gasteiger partial charge is 0.389 e. The average molecular weight is 636 g/mol. The lowest BCUT2D eigenvalue weighted by molar-refractivity contribution is -0.142. The molecule has 4 atom stereocenters. The Morgan fingerprint density at radius 1 is 1.13 bits per heavy atom. The Balaban J connectivity index is 1.91. The van der Waals surface area contributed by atoms with Gasteiger partial charge in [-0.2, -0.15) is 13.2 Å². The van der Waals surface area contributed by atoms with Crippen LogP contribution in [0.1, 0.15) is 73.6 Å². The molecule has 0 spiro atoms. The van der Waals surface area contributed by atoms with Crippen LogP contribution in [0, 0.1) is 5.92 Å². The molecule has 2 N–H and O–H groups in total. The maximum Gasteiger partial charge on any atom is 0.389 e. The number of likely N-dealkylation sites (N-methyl/N-ethyl adjacent to an activating group) is 1. The number of fused-ring (bicyclic) bond motifs is 1. The predicted octanol–water partition coefficient (Wildman–Crippen LogP) is 5.54. The highest BCUT2D eigenvalue weighted by Gasteiger charge is 2.32. The highest BCUT2D eigenvalue weighted by atomic mass is 19.4. The lowest BCUT2D eigenvalue weighted by Gasteiger charge is -2.36. The summed E-state index contributed by atoms with van der Waals surface area (Å²) in [4.78, 5) is 42.6. The summed E-state index contributed by atoms with van der Waals surface area (Å²) in [6, 6.07) is 12.7.